The maximum Gasteiger partial charge on any atom is 0.0127 e. The van der Waals surface area contributed by atoms with Crippen LogP contribution < -0.4 is 0 Å². The van der Waals surface area contributed by atoms with Crippen molar-refractivity contribution in [2.75, 3.05) is 19.6 Å². The fraction of sp³-hybridized carbons (Fsp3) is 1.00. The van der Waals surface area contributed by atoms with E-state index in [-0.39, 0.29) is 0 Å². The van der Waals surface area contributed by atoms with Gasteiger partial charge in [0.1, 0.15) is 0 Å². The van der Waals surface area contributed by atoms with E-state index in [2.05, 4.69) is 51.3 Å². The zero-order valence-electron chi connectivity index (χ0n) is 12.1. The van der Waals surface area contributed by atoms with Crippen molar-refractivity contribution in [3.05, 3.63) is 0 Å². The van der Waals surface area contributed by atoms with Gasteiger partial charge in [0.05, 0.1) is 0 Å². The van der Waals surface area contributed by atoms with Gasteiger partial charge in [0.25, 0.3) is 0 Å². The maximum atomic E-state index is 2.67. The molecule has 96 valence electrons. The monoisotopic (exact) mass is 226 g/mol. The van der Waals surface area contributed by atoms with Gasteiger partial charge in [0.15, 0.2) is 0 Å². The van der Waals surface area contributed by atoms with Crippen molar-refractivity contribution in [1.82, 2.24) is 9.80 Å². The Morgan fingerprint density at radius 1 is 1.19 bits per heavy atom. The molecule has 0 atom stereocenters. The van der Waals surface area contributed by atoms with Crippen molar-refractivity contribution in [3.63, 3.8) is 0 Å². The summed E-state index contributed by atoms with van der Waals surface area (Å²) >= 11 is 0. The number of rotatable bonds is 3. The number of piperidine rings is 1. The topological polar surface area (TPSA) is 6.48 Å². The fourth-order valence-electron chi connectivity index (χ4n) is 2.99. The molecular formula is C14H30N2. The molecule has 0 aromatic carbocycles. The van der Waals surface area contributed by atoms with E-state index in [0.717, 1.165) is 6.04 Å². The predicted molar refractivity (Wildman–Crippen MR) is 71.9 cm³/mol. The van der Waals surface area contributed by atoms with Gasteiger partial charge >= 0.3 is 0 Å². The minimum atomic E-state index is 0.319. The third-order valence-electron chi connectivity index (χ3n) is 3.87. The minimum Gasteiger partial charge on any atom is -0.301 e. The first-order chi connectivity index (χ1) is 7.36. The molecule has 0 unspecified atom stereocenters. The maximum absolute atomic E-state index is 2.67. The highest BCUT2D eigenvalue weighted by molar-refractivity contribution is 4.86. The fourth-order valence-corrected chi connectivity index (χ4v) is 2.99. The Bertz CT molecular complexity index is 197. The molecule has 0 bridgehead atoms. The molecule has 0 radical (unpaired) electrons. The Balaban J connectivity index is 2.52. The van der Waals surface area contributed by atoms with Crippen LogP contribution >= 0.6 is 0 Å². The summed E-state index contributed by atoms with van der Waals surface area (Å²) in [6, 6.07) is 1.51. The normalized spacial score (nSPS) is 21.0. The molecule has 0 N–H and O–H groups in total. The number of hydrogen-bond acceptors (Lipinski definition) is 2. The van der Waals surface area contributed by atoms with E-state index in [1.54, 1.807) is 0 Å². The lowest BCUT2D eigenvalue weighted by atomic mass is 9.96. The molecule has 0 spiro atoms. The SMILES string of the molecule is CCN(C1CCN(C(C)C)CC1)C(C)(C)C. The summed E-state index contributed by atoms with van der Waals surface area (Å²) in [5, 5.41) is 0. The number of likely N-dealkylation sites (tertiary alicyclic amines) is 1. The summed E-state index contributed by atoms with van der Waals surface area (Å²) in [5.41, 5.74) is 0.319. The first-order valence-corrected chi connectivity index (χ1v) is 6.87. The molecule has 0 aliphatic carbocycles. The Kier molecular flexibility index (Phi) is 4.81. The molecule has 1 fully saturated rings. The molecule has 2 nitrogen and oxygen atoms in total. The Hall–Kier alpha value is -0.0800. The molecule has 1 rings (SSSR count). The van der Waals surface area contributed by atoms with Crippen molar-refractivity contribution in [3.8, 4) is 0 Å². The summed E-state index contributed by atoms with van der Waals surface area (Å²) < 4.78 is 0. The molecule has 0 amide bonds. The van der Waals surface area contributed by atoms with E-state index in [1.165, 1.54) is 32.5 Å². The van der Waals surface area contributed by atoms with Gasteiger partial charge in [-0.1, -0.05) is 6.92 Å². The summed E-state index contributed by atoms with van der Waals surface area (Å²) in [5.74, 6) is 0. The third-order valence-corrected chi connectivity index (χ3v) is 3.87. The average Bonchev–Trinajstić information content (AvgIpc) is 2.17. The van der Waals surface area contributed by atoms with Gasteiger partial charge in [-0.2, -0.15) is 0 Å². The molecule has 0 saturated carbocycles. The van der Waals surface area contributed by atoms with Crippen molar-refractivity contribution in [2.24, 2.45) is 0 Å². The highest BCUT2D eigenvalue weighted by atomic mass is 15.2. The van der Waals surface area contributed by atoms with Crippen molar-refractivity contribution in [2.45, 2.75) is 72.0 Å². The van der Waals surface area contributed by atoms with Crippen LogP contribution in [0.2, 0.25) is 0 Å². The average molecular weight is 226 g/mol. The molecule has 2 heteroatoms. The zero-order valence-corrected chi connectivity index (χ0v) is 12.1. The third kappa shape index (κ3) is 3.46. The quantitative estimate of drug-likeness (QED) is 0.730. The van der Waals surface area contributed by atoms with Gasteiger partial charge in [-0.25, -0.2) is 0 Å². The van der Waals surface area contributed by atoms with Crippen LogP contribution in [0.5, 0.6) is 0 Å². The highest BCUT2D eigenvalue weighted by Gasteiger charge is 2.30. The predicted octanol–water partition coefficient (Wildman–Crippen LogP) is 2.98. The van der Waals surface area contributed by atoms with Gasteiger partial charge in [-0.3, -0.25) is 4.90 Å². The van der Waals surface area contributed by atoms with Gasteiger partial charge in [-0.05, 0) is 67.1 Å². The molecule has 1 saturated heterocycles. The van der Waals surface area contributed by atoms with Crippen LogP contribution in [0.4, 0.5) is 0 Å². The van der Waals surface area contributed by atoms with E-state index < -0.39 is 0 Å². The molecule has 0 aromatic heterocycles. The van der Waals surface area contributed by atoms with Crippen LogP contribution in [-0.4, -0.2) is 47.1 Å². The van der Waals surface area contributed by atoms with Crippen molar-refractivity contribution >= 4 is 0 Å². The largest absolute Gasteiger partial charge is 0.301 e. The van der Waals surface area contributed by atoms with Crippen LogP contribution in [0.25, 0.3) is 0 Å². The van der Waals surface area contributed by atoms with Crippen LogP contribution in [0.1, 0.15) is 54.4 Å². The Labute approximate surface area is 102 Å². The van der Waals surface area contributed by atoms with E-state index in [9.17, 15) is 0 Å². The first-order valence-electron chi connectivity index (χ1n) is 6.87. The zero-order chi connectivity index (χ0) is 12.3. The molecule has 16 heavy (non-hydrogen) atoms. The lowest BCUT2D eigenvalue weighted by Gasteiger charge is -2.45. The highest BCUT2D eigenvalue weighted by Crippen LogP contribution is 2.24. The van der Waals surface area contributed by atoms with Gasteiger partial charge in [0, 0.05) is 17.6 Å². The second kappa shape index (κ2) is 5.50. The van der Waals surface area contributed by atoms with Crippen molar-refractivity contribution in [1.29, 1.82) is 0 Å². The van der Waals surface area contributed by atoms with Gasteiger partial charge in [-0.15, -0.1) is 0 Å². The summed E-state index contributed by atoms with van der Waals surface area (Å²) in [6.07, 6.45) is 2.67. The smallest absolute Gasteiger partial charge is 0.0127 e. The lowest BCUT2D eigenvalue weighted by molar-refractivity contribution is 0.0375. The van der Waals surface area contributed by atoms with E-state index in [0.29, 0.717) is 11.6 Å². The van der Waals surface area contributed by atoms with Crippen molar-refractivity contribution < 1.29 is 0 Å². The molecule has 1 aliphatic rings. The second-order valence-electron chi connectivity index (χ2n) is 6.32. The van der Waals surface area contributed by atoms with Crippen LogP contribution in [0.3, 0.4) is 0 Å². The minimum absolute atomic E-state index is 0.319. The first kappa shape index (κ1) is 14.0. The van der Waals surface area contributed by atoms with E-state index in [4.69, 9.17) is 0 Å². The second-order valence-corrected chi connectivity index (χ2v) is 6.32. The van der Waals surface area contributed by atoms with Crippen LogP contribution in [-0.2, 0) is 0 Å². The molecule has 1 heterocycles. The lowest BCUT2D eigenvalue weighted by Crippen LogP contribution is -2.53. The Morgan fingerprint density at radius 2 is 1.69 bits per heavy atom. The van der Waals surface area contributed by atoms with Crippen LogP contribution in [0, 0.1) is 0 Å². The molecule has 0 aromatic rings. The van der Waals surface area contributed by atoms with Gasteiger partial charge in [0.2, 0.25) is 0 Å². The van der Waals surface area contributed by atoms with E-state index >= 15 is 0 Å². The number of hydrogen-bond donors (Lipinski definition) is 0. The molecular weight excluding hydrogens is 196 g/mol. The standard InChI is InChI=1S/C14H30N2/c1-7-16(14(4,5)6)13-8-10-15(11-9-13)12(2)3/h12-13H,7-11H2,1-6H3. The summed E-state index contributed by atoms with van der Waals surface area (Å²) in [7, 11) is 0. The molecule has 1 aliphatic heterocycles. The summed E-state index contributed by atoms with van der Waals surface area (Å²) in [4.78, 5) is 5.28. The Morgan fingerprint density at radius 3 is 2.00 bits per heavy atom. The number of nitrogens with zero attached hydrogens (tertiary/aromatic N) is 2. The van der Waals surface area contributed by atoms with Crippen LogP contribution in [0.15, 0.2) is 0 Å². The summed E-state index contributed by atoms with van der Waals surface area (Å²) in [6.45, 7) is 17.6. The van der Waals surface area contributed by atoms with Gasteiger partial charge < -0.3 is 4.90 Å². The van der Waals surface area contributed by atoms with E-state index in [1.807, 2.05) is 0 Å².